The van der Waals surface area contributed by atoms with Gasteiger partial charge in [0.2, 0.25) is 0 Å². The van der Waals surface area contributed by atoms with E-state index >= 15 is 0 Å². The molecule has 0 radical (unpaired) electrons. The lowest BCUT2D eigenvalue weighted by Gasteiger charge is -2.24. The standard InChI is InChI=1S/C16H26N2O3/c1-6-16(2,3)18-15(19)11-21-14-8-7-13(20-5)9-12(14)10-17-4/h7-9,17H,6,10-11H2,1-5H3,(H,18,19). The number of methoxy groups -OCH3 is 1. The zero-order chi connectivity index (χ0) is 15.9. The van der Waals surface area contributed by atoms with Crippen molar-refractivity contribution < 1.29 is 14.3 Å². The molecule has 0 aliphatic rings. The Balaban J connectivity index is 2.68. The van der Waals surface area contributed by atoms with Crippen LogP contribution in [-0.4, -0.2) is 32.2 Å². The van der Waals surface area contributed by atoms with Crippen molar-refractivity contribution in [2.75, 3.05) is 20.8 Å². The Morgan fingerprint density at radius 3 is 2.62 bits per heavy atom. The second-order valence-corrected chi connectivity index (χ2v) is 5.58. The molecule has 1 rings (SSSR count). The van der Waals surface area contributed by atoms with E-state index in [0.29, 0.717) is 12.3 Å². The summed E-state index contributed by atoms with van der Waals surface area (Å²) < 4.78 is 10.8. The molecule has 0 aromatic heterocycles. The topological polar surface area (TPSA) is 59.6 Å². The molecule has 0 aliphatic carbocycles. The number of nitrogens with one attached hydrogen (secondary N) is 2. The van der Waals surface area contributed by atoms with Crippen molar-refractivity contribution in [1.82, 2.24) is 10.6 Å². The number of amides is 1. The maximum absolute atomic E-state index is 11.9. The summed E-state index contributed by atoms with van der Waals surface area (Å²) in [5.41, 5.74) is 0.744. The Labute approximate surface area is 127 Å². The third kappa shape index (κ3) is 5.63. The van der Waals surface area contributed by atoms with Gasteiger partial charge in [0.15, 0.2) is 6.61 Å². The summed E-state index contributed by atoms with van der Waals surface area (Å²) in [5.74, 6) is 1.34. The predicted octanol–water partition coefficient (Wildman–Crippen LogP) is 2.10. The Morgan fingerprint density at radius 1 is 1.33 bits per heavy atom. The van der Waals surface area contributed by atoms with Crippen LogP contribution in [0.4, 0.5) is 0 Å². The van der Waals surface area contributed by atoms with Crippen molar-refractivity contribution in [2.24, 2.45) is 0 Å². The molecule has 0 bridgehead atoms. The van der Waals surface area contributed by atoms with Crippen molar-refractivity contribution in [3.8, 4) is 11.5 Å². The minimum absolute atomic E-state index is 0.00642. The van der Waals surface area contributed by atoms with Gasteiger partial charge in [0, 0.05) is 17.6 Å². The van der Waals surface area contributed by atoms with E-state index in [1.54, 1.807) is 7.11 Å². The number of benzene rings is 1. The van der Waals surface area contributed by atoms with E-state index in [1.165, 1.54) is 0 Å². The van der Waals surface area contributed by atoms with Crippen LogP contribution in [0.25, 0.3) is 0 Å². The normalized spacial score (nSPS) is 11.1. The van der Waals surface area contributed by atoms with Gasteiger partial charge in [-0.2, -0.15) is 0 Å². The molecule has 1 aromatic rings. The van der Waals surface area contributed by atoms with Gasteiger partial charge in [0.1, 0.15) is 11.5 Å². The van der Waals surface area contributed by atoms with Crippen LogP contribution in [0.5, 0.6) is 11.5 Å². The van der Waals surface area contributed by atoms with Crippen LogP contribution in [-0.2, 0) is 11.3 Å². The average Bonchev–Trinajstić information content (AvgIpc) is 2.45. The fourth-order valence-corrected chi connectivity index (χ4v) is 1.80. The molecule has 0 spiro atoms. The van der Waals surface area contributed by atoms with Gasteiger partial charge in [-0.05, 0) is 45.5 Å². The highest BCUT2D eigenvalue weighted by molar-refractivity contribution is 5.78. The predicted molar refractivity (Wildman–Crippen MR) is 83.8 cm³/mol. The SMILES string of the molecule is CCC(C)(C)NC(=O)COc1ccc(OC)cc1CNC. The highest BCUT2D eigenvalue weighted by Crippen LogP contribution is 2.24. The van der Waals surface area contributed by atoms with E-state index in [4.69, 9.17) is 9.47 Å². The Kier molecular flexibility index (Phi) is 6.49. The van der Waals surface area contributed by atoms with Crippen LogP contribution in [0.2, 0.25) is 0 Å². The molecule has 0 saturated carbocycles. The van der Waals surface area contributed by atoms with Crippen molar-refractivity contribution >= 4 is 5.91 Å². The highest BCUT2D eigenvalue weighted by Gasteiger charge is 2.18. The quantitative estimate of drug-likeness (QED) is 0.771. The molecule has 1 amide bonds. The summed E-state index contributed by atoms with van der Waals surface area (Å²) in [6.45, 7) is 6.67. The first-order valence-corrected chi connectivity index (χ1v) is 7.17. The number of rotatable bonds is 8. The van der Waals surface area contributed by atoms with E-state index in [9.17, 15) is 4.79 Å². The fourth-order valence-electron chi connectivity index (χ4n) is 1.80. The van der Waals surface area contributed by atoms with Crippen molar-refractivity contribution in [2.45, 2.75) is 39.3 Å². The lowest BCUT2D eigenvalue weighted by atomic mass is 10.0. The van der Waals surface area contributed by atoms with E-state index < -0.39 is 0 Å². The molecule has 1 aromatic carbocycles. The summed E-state index contributed by atoms with van der Waals surface area (Å²) in [6.07, 6.45) is 0.867. The van der Waals surface area contributed by atoms with E-state index in [2.05, 4.69) is 10.6 Å². The fraction of sp³-hybridized carbons (Fsp3) is 0.562. The lowest BCUT2D eigenvalue weighted by Crippen LogP contribution is -2.44. The lowest BCUT2D eigenvalue weighted by molar-refractivity contribution is -0.124. The van der Waals surface area contributed by atoms with E-state index in [-0.39, 0.29) is 18.1 Å². The minimum atomic E-state index is -0.214. The minimum Gasteiger partial charge on any atom is -0.497 e. The molecule has 0 fully saturated rings. The van der Waals surface area contributed by atoms with Gasteiger partial charge in [-0.25, -0.2) is 0 Å². The maximum atomic E-state index is 11.9. The molecular weight excluding hydrogens is 268 g/mol. The summed E-state index contributed by atoms with van der Waals surface area (Å²) in [7, 11) is 3.49. The van der Waals surface area contributed by atoms with Crippen LogP contribution < -0.4 is 20.1 Å². The van der Waals surface area contributed by atoms with Gasteiger partial charge in [0.25, 0.3) is 5.91 Å². The van der Waals surface area contributed by atoms with Crippen molar-refractivity contribution in [3.05, 3.63) is 23.8 Å². The Bertz CT molecular complexity index is 473. The highest BCUT2D eigenvalue weighted by atomic mass is 16.5. The van der Waals surface area contributed by atoms with Gasteiger partial charge >= 0.3 is 0 Å². The van der Waals surface area contributed by atoms with Gasteiger partial charge in [-0.1, -0.05) is 6.92 Å². The van der Waals surface area contributed by atoms with Gasteiger partial charge in [0.05, 0.1) is 7.11 Å². The van der Waals surface area contributed by atoms with Crippen LogP contribution in [0, 0.1) is 0 Å². The first-order chi connectivity index (χ1) is 9.91. The van der Waals surface area contributed by atoms with Crippen LogP contribution >= 0.6 is 0 Å². The summed E-state index contributed by atoms with van der Waals surface area (Å²) in [4.78, 5) is 11.9. The number of ether oxygens (including phenoxy) is 2. The molecule has 0 atom stereocenters. The summed E-state index contributed by atoms with van der Waals surface area (Å²) >= 11 is 0. The summed E-state index contributed by atoms with van der Waals surface area (Å²) in [6, 6.07) is 5.55. The first-order valence-electron chi connectivity index (χ1n) is 7.17. The molecule has 0 unspecified atom stereocenters. The largest absolute Gasteiger partial charge is 0.497 e. The third-order valence-electron chi connectivity index (χ3n) is 3.36. The second-order valence-electron chi connectivity index (χ2n) is 5.58. The molecule has 2 N–H and O–H groups in total. The van der Waals surface area contributed by atoms with Crippen LogP contribution in [0.1, 0.15) is 32.8 Å². The number of hydrogen-bond acceptors (Lipinski definition) is 4. The summed E-state index contributed by atoms with van der Waals surface area (Å²) in [5, 5.41) is 6.02. The van der Waals surface area contributed by atoms with E-state index in [1.807, 2.05) is 46.0 Å². The van der Waals surface area contributed by atoms with Gasteiger partial charge < -0.3 is 20.1 Å². The average molecular weight is 294 g/mol. The number of carbonyl (C=O) groups is 1. The third-order valence-corrected chi connectivity index (χ3v) is 3.36. The monoisotopic (exact) mass is 294 g/mol. The maximum Gasteiger partial charge on any atom is 0.258 e. The number of carbonyl (C=O) groups excluding carboxylic acids is 1. The zero-order valence-electron chi connectivity index (χ0n) is 13.6. The van der Waals surface area contributed by atoms with Gasteiger partial charge in [-0.3, -0.25) is 4.79 Å². The van der Waals surface area contributed by atoms with Crippen LogP contribution in [0.3, 0.4) is 0 Å². The van der Waals surface area contributed by atoms with Crippen molar-refractivity contribution in [1.29, 1.82) is 0 Å². The molecular formula is C16H26N2O3. The molecule has 5 nitrogen and oxygen atoms in total. The zero-order valence-corrected chi connectivity index (χ0v) is 13.6. The molecule has 5 heteroatoms. The Morgan fingerprint density at radius 2 is 2.05 bits per heavy atom. The van der Waals surface area contributed by atoms with Gasteiger partial charge in [-0.15, -0.1) is 0 Å². The molecule has 21 heavy (non-hydrogen) atoms. The van der Waals surface area contributed by atoms with E-state index in [0.717, 1.165) is 17.7 Å². The van der Waals surface area contributed by atoms with Crippen molar-refractivity contribution in [3.63, 3.8) is 0 Å². The molecule has 118 valence electrons. The smallest absolute Gasteiger partial charge is 0.258 e. The second kappa shape index (κ2) is 7.88. The molecule has 0 aliphatic heterocycles. The Hall–Kier alpha value is -1.75. The molecule has 0 heterocycles. The molecule has 0 saturated heterocycles. The van der Waals surface area contributed by atoms with Crippen LogP contribution in [0.15, 0.2) is 18.2 Å². The number of hydrogen-bond donors (Lipinski definition) is 2. The first kappa shape index (κ1) is 17.3.